The van der Waals surface area contributed by atoms with Crippen LogP contribution in [0, 0.1) is 11.6 Å². The average molecular weight is 284 g/mol. The highest BCUT2D eigenvalue weighted by molar-refractivity contribution is 6.02. The Morgan fingerprint density at radius 2 is 1.90 bits per heavy atom. The van der Waals surface area contributed by atoms with Crippen LogP contribution in [0.2, 0.25) is 0 Å². The number of imide groups is 1. The number of nitrogens with one attached hydrogen (secondary N) is 1. The van der Waals surface area contributed by atoms with E-state index < -0.39 is 36.0 Å². The molecule has 1 N–H and O–H groups in total. The van der Waals surface area contributed by atoms with Crippen LogP contribution in [0.3, 0.4) is 0 Å². The Kier molecular flexibility index (Phi) is 3.92. The van der Waals surface area contributed by atoms with E-state index in [-0.39, 0.29) is 18.8 Å². The van der Waals surface area contributed by atoms with Crippen LogP contribution in [0.1, 0.15) is 0 Å². The molecule has 3 amide bonds. The average Bonchev–Trinajstić information content (AvgIpc) is 2.36. The maximum atomic E-state index is 13.3. The first kappa shape index (κ1) is 13.9. The fourth-order valence-corrected chi connectivity index (χ4v) is 1.64. The van der Waals surface area contributed by atoms with E-state index in [2.05, 4.69) is 0 Å². The second-order valence-electron chi connectivity index (χ2n) is 4.08. The Morgan fingerprint density at radius 3 is 2.50 bits per heavy atom. The summed E-state index contributed by atoms with van der Waals surface area (Å²) in [6.07, 6.45) is 0. The smallest absolute Gasteiger partial charge is 0.261 e. The summed E-state index contributed by atoms with van der Waals surface area (Å²) in [5.74, 6) is -3.82. The van der Waals surface area contributed by atoms with Gasteiger partial charge in [-0.15, -0.1) is 0 Å². The Hall–Kier alpha value is -2.51. The number of benzene rings is 1. The maximum Gasteiger partial charge on any atom is 0.261 e. The third-order valence-corrected chi connectivity index (χ3v) is 2.55. The molecule has 0 atom stereocenters. The van der Waals surface area contributed by atoms with Crippen LogP contribution in [0.4, 0.5) is 8.78 Å². The highest BCUT2D eigenvalue weighted by Gasteiger charge is 2.26. The van der Waals surface area contributed by atoms with Crippen molar-refractivity contribution < 1.29 is 27.9 Å². The first-order chi connectivity index (χ1) is 9.45. The summed E-state index contributed by atoms with van der Waals surface area (Å²) < 4.78 is 30.8. The Balaban J connectivity index is 1.95. The molecule has 0 unspecified atom stereocenters. The third-order valence-electron chi connectivity index (χ3n) is 2.55. The van der Waals surface area contributed by atoms with E-state index in [9.17, 15) is 23.2 Å². The molecule has 0 saturated carbocycles. The van der Waals surface area contributed by atoms with Crippen molar-refractivity contribution in [2.45, 2.75) is 0 Å². The van der Waals surface area contributed by atoms with Crippen molar-refractivity contribution in [2.24, 2.45) is 0 Å². The van der Waals surface area contributed by atoms with Crippen LogP contribution < -0.4 is 10.1 Å². The first-order valence-electron chi connectivity index (χ1n) is 5.64. The standard InChI is InChI=1S/C12H10F2N2O4/c13-7-1-2-9(8(14)3-7)20-6-12(19)16-4-10(17)15-11(18)5-16/h1-3H,4-6H2,(H,15,17,18). The number of carbonyl (C=O) groups is 3. The minimum atomic E-state index is -0.940. The van der Waals surface area contributed by atoms with Crippen LogP contribution in [0.5, 0.6) is 5.75 Å². The number of rotatable bonds is 3. The van der Waals surface area contributed by atoms with Gasteiger partial charge in [-0.2, -0.15) is 0 Å². The molecular weight excluding hydrogens is 274 g/mol. The highest BCUT2D eigenvalue weighted by atomic mass is 19.1. The Bertz CT molecular complexity index is 561. The van der Waals surface area contributed by atoms with Crippen molar-refractivity contribution in [3.63, 3.8) is 0 Å². The lowest BCUT2D eigenvalue weighted by atomic mass is 10.3. The van der Waals surface area contributed by atoms with E-state index in [0.717, 1.165) is 17.0 Å². The summed E-state index contributed by atoms with van der Waals surface area (Å²) in [7, 11) is 0. The summed E-state index contributed by atoms with van der Waals surface area (Å²) in [5.41, 5.74) is 0. The van der Waals surface area contributed by atoms with Crippen LogP contribution in [0.25, 0.3) is 0 Å². The lowest BCUT2D eigenvalue weighted by molar-refractivity contribution is -0.146. The number of halogens is 2. The van der Waals surface area contributed by atoms with Crippen LogP contribution in [0.15, 0.2) is 18.2 Å². The summed E-state index contributed by atoms with van der Waals surface area (Å²) in [6, 6.07) is 2.66. The molecule has 0 aliphatic carbocycles. The molecule has 0 spiro atoms. The fourth-order valence-electron chi connectivity index (χ4n) is 1.64. The number of hydrogen-bond acceptors (Lipinski definition) is 4. The molecule has 1 aromatic carbocycles. The molecule has 0 bridgehead atoms. The minimum absolute atomic E-state index is 0.264. The number of piperazine rings is 1. The van der Waals surface area contributed by atoms with E-state index in [1.54, 1.807) is 0 Å². The van der Waals surface area contributed by atoms with E-state index in [0.29, 0.717) is 6.07 Å². The molecule has 1 aliphatic rings. The van der Waals surface area contributed by atoms with Crippen LogP contribution >= 0.6 is 0 Å². The monoisotopic (exact) mass is 284 g/mol. The first-order valence-corrected chi connectivity index (χ1v) is 5.64. The normalized spacial score (nSPS) is 15.0. The molecule has 8 heteroatoms. The number of nitrogens with zero attached hydrogens (tertiary/aromatic N) is 1. The molecule has 20 heavy (non-hydrogen) atoms. The van der Waals surface area contributed by atoms with Gasteiger partial charge in [-0.05, 0) is 12.1 Å². The van der Waals surface area contributed by atoms with Crippen molar-refractivity contribution in [1.82, 2.24) is 10.2 Å². The predicted molar refractivity (Wildman–Crippen MR) is 61.6 cm³/mol. The zero-order valence-electron chi connectivity index (χ0n) is 10.2. The molecular formula is C12H10F2N2O4. The number of carbonyl (C=O) groups excluding carboxylic acids is 3. The third kappa shape index (κ3) is 3.28. The maximum absolute atomic E-state index is 13.3. The molecule has 1 aliphatic heterocycles. The SMILES string of the molecule is O=C1CN(C(=O)COc2ccc(F)cc2F)CC(=O)N1. The zero-order chi connectivity index (χ0) is 14.7. The van der Waals surface area contributed by atoms with Gasteiger partial charge in [0, 0.05) is 6.07 Å². The van der Waals surface area contributed by atoms with Gasteiger partial charge in [0.15, 0.2) is 18.2 Å². The Morgan fingerprint density at radius 1 is 1.25 bits per heavy atom. The van der Waals surface area contributed by atoms with Gasteiger partial charge >= 0.3 is 0 Å². The van der Waals surface area contributed by atoms with Gasteiger partial charge in [0.25, 0.3) is 5.91 Å². The van der Waals surface area contributed by atoms with Gasteiger partial charge in [0.1, 0.15) is 18.9 Å². The molecule has 6 nitrogen and oxygen atoms in total. The van der Waals surface area contributed by atoms with E-state index in [1.807, 2.05) is 5.32 Å². The minimum Gasteiger partial charge on any atom is -0.481 e. The van der Waals surface area contributed by atoms with Crippen molar-refractivity contribution in [3.8, 4) is 5.75 Å². The zero-order valence-corrected chi connectivity index (χ0v) is 10.2. The van der Waals surface area contributed by atoms with Crippen molar-refractivity contribution in [1.29, 1.82) is 0 Å². The lowest BCUT2D eigenvalue weighted by Crippen LogP contribution is -2.54. The lowest BCUT2D eigenvalue weighted by Gasteiger charge is -2.25. The van der Waals surface area contributed by atoms with E-state index >= 15 is 0 Å². The fraction of sp³-hybridized carbons (Fsp3) is 0.250. The number of ether oxygens (including phenoxy) is 1. The second kappa shape index (κ2) is 5.64. The van der Waals surface area contributed by atoms with E-state index in [1.165, 1.54) is 0 Å². The van der Waals surface area contributed by atoms with Gasteiger partial charge in [0.05, 0.1) is 0 Å². The van der Waals surface area contributed by atoms with Crippen molar-refractivity contribution >= 4 is 17.7 Å². The highest BCUT2D eigenvalue weighted by Crippen LogP contribution is 2.17. The molecule has 2 rings (SSSR count). The van der Waals surface area contributed by atoms with Gasteiger partial charge < -0.3 is 9.64 Å². The van der Waals surface area contributed by atoms with Gasteiger partial charge in [0.2, 0.25) is 11.8 Å². The number of amides is 3. The summed E-state index contributed by atoms with van der Waals surface area (Å²) in [5, 5.41) is 2.04. The molecule has 1 heterocycles. The van der Waals surface area contributed by atoms with Gasteiger partial charge in [-0.25, -0.2) is 8.78 Å². The summed E-state index contributed by atoms with van der Waals surface area (Å²) >= 11 is 0. The molecule has 0 radical (unpaired) electrons. The predicted octanol–water partition coefficient (Wildman–Crippen LogP) is -0.171. The second-order valence-corrected chi connectivity index (χ2v) is 4.08. The summed E-state index contributed by atoms with van der Waals surface area (Å²) in [4.78, 5) is 34.9. The Labute approximate surface area is 112 Å². The quantitative estimate of drug-likeness (QED) is 0.782. The molecule has 106 valence electrons. The van der Waals surface area contributed by atoms with E-state index in [4.69, 9.17) is 4.74 Å². The molecule has 1 fully saturated rings. The topological polar surface area (TPSA) is 75.7 Å². The van der Waals surface area contributed by atoms with Crippen molar-refractivity contribution in [3.05, 3.63) is 29.8 Å². The van der Waals surface area contributed by atoms with Crippen LogP contribution in [-0.4, -0.2) is 42.3 Å². The number of hydrogen-bond donors (Lipinski definition) is 1. The van der Waals surface area contributed by atoms with Gasteiger partial charge in [-0.1, -0.05) is 0 Å². The molecule has 0 aromatic heterocycles. The molecule has 1 saturated heterocycles. The summed E-state index contributed by atoms with van der Waals surface area (Å²) in [6.45, 7) is -1.08. The van der Waals surface area contributed by atoms with Crippen LogP contribution in [-0.2, 0) is 14.4 Å². The largest absolute Gasteiger partial charge is 0.481 e. The van der Waals surface area contributed by atoms with Crippen molar-refractivity contribution in [2.75, 3.05) is 19.7 Å². The molecule has 1 aromatic rings. The van der Waals surface area contributed by atoms with Gasteiger partial charge in [-0.3, -0.25) is 19.7 Å².